The fraction of sp³-hybridized carbons (Fsp3) is 0.368. The van der Waals surface area contributed by atoms with Crippen molar-refractivity contribution >= 4 is 0 Å². The van der Waals surface area contributed by atoms with Crippen LogP contribution in [0.15, 0.2) is 48.5 Å². The molecule has 0 radical (unpaired) electrons. The summed E-state index contributed by atoms with van der Waals surface area (Å²) in [6.07, 6.45) is 0. The molecule has 1 unspecified atom stereocenters. The third kappa shape index (κ3) is 4.42. The van der Waals surface area contributed by atoms with Gasteiger partial charge in [0.15, 0.2) is 0 Å². The monoisotopic (exact) mass is 283 g/mol. The Morgan fingerprint density at radius 2 is 1.33 bits per heavy atom. The Morgan fingerprint density at radius 1 is 0.810 bits per heavy atom. The number of hydrogen-bond donors (Lipinski definition) is 2. The Balaban J connectivity index is 1.92. The van der Waals surface area contributed by atoms with Gasteiger partial charge in [-0.15, -0.1) is 0 Å². The van der Waals surface area contributed by atoms with Crippen molar-refractivity contribution in [2.24, 2.45) is 0 Å². The van der Waals surface area contributed by atoms with E-state index in [1.54, 1.807) is 0 Å². The van der Waals surface area contributed by atoms with Gasteiger partial charge in [-0.2, -0.15) is 0 Å². The van der Waals surface area contributed by atoms with Gasteiger partial charge >= 0.3 is 0 Å². The van der Waals surface area contributed by atoms with Crippen molar-refractivity contribution in [3.8, 4) is 0 Å². The first kappa shape index (κ1) is 15.7. The minimum absolute atomic E-state index is 0.103. The first-order valence-corrected chi connectivity index (χ1v) is 7.62. The lowest BCUT2D eigenvalue weighted by Gasteiger charge is -2.15. The highest BCUT2D eigenvalue weighted by Gasteiger charge is 2.06. The van der Waals surface area contributed by atoms with Crippen molar-refractivity contribution in [2.75, 3.05) is 0 Å². The average molecular weight is 283 g/mol. The molecule has 0 aliphatic rings. The van der Waals surface area contributed by atoms with E-state index < -0.39 is 0 Å². The summed E-state index contributed by atoms with van der Waals surface area (Å²) in [6, 6.07) is 17.2. The van der Waals surface area contributed by atoms with E-state index in [0.29, 0.717) is 12.0 Å². The number of benzene rings is 2. The molecule has 2 nitrogen and oxygen atoms in total. The molecule has 0 saturated carbocycles. The zero-order valence-corrected chi connectivity index (χ0v) is 13.1. The average Bonchev–Trinajstić information content (AvgIpc) is 2.53. The quantitative estimate of drug-likeness (QED) is 0.834. The first-order valence-electron chi connectivity index (χ1n) is 7.62. The number of hydrogen-bond acceptors (Lipinski definition) is 2. The lowest BCUT2D eigenvalue weighted by atomic mass is 9.99. The van der Waals surface area contributed by atoms with Crippen LogP contribution in [0.5, 0.6) is 0 Å². The van der Waals surface area contributed by atoms with Crippen LogP contribution in [-0.4, -0.2) is 5.11 Å². The minimum atomic E-state index is 0.103. The van der Waals surface area contributed by atoms with E-state index in [2.05, 4.69) is 62.5 Å². The summed E-state index contributed by atoms with van der Waals surface area (Å²) in [4.78, 5) is 0. The normalized spacial score (nSPS) is 12.6. The van der Waals surface area contributed by atoms with Gasteiger partial charge in [0.05, 0.1) is 6.61 Å². The molecule has 2 aromatic rings. The second-order valence-corrected chi connectivity index (χ2v) is 5.90. The summed E-state index contributed by atoms with van der Waals surface area (Å²) in [5, 5.41) is 12.6. The molecule has 1 atom stereocenters. The van der Waals surface area contributed by atoms with Gasteiger partial charge in [-0.1, -0.05) is 62.4 Å². The van der Waals surface area contributed by atoms with Crippen molar-refractivity contribution < 1.29 is 5.11 Å². The van der Waals surface area contributed by atoms with Gasteiger partial charge in [0, 0.05) is 12.6 Å². The second-order valence-electron chi connectivity index (χ2n) is 5.90. The van der Waals surface area contributed by atoms with Crippen LogP contribution in [0.3, 0.4) is 0 Å². The molecular formula is C19H25NO. The summed E-state index contributed by atoms with van der Waals surface area (Å²) < 4.78 is 0. The Bertz CT molecular complexity index is 543. The van der Waals surface area contributed by atoms with Gasteiger partial charge in [0.1, 0.15) is 0 Å². The fourth-order valence-corrected chi connectivity index (χ4v) is 2.32. The number of nitrogens with one attached hydrogen (secondary N) is 1. The zero-order chi connectivity index (χ0) is 15.2. The topological polar surface area (TPSA) is 32.3 Å². The minimum Gasteiger partial charge on any atom is -0.392 e. The van der Waals surface area contributed by atoms with Crippen molar-refractivity contribution in [1.82, 2.24) is 5.32 Å². The van der Waals surface area contributed by atoms with E-state index in [0.717, 1.165) is 12.1 Å². The summed E-state index contributed by atoms with van der Waals surface area (Å²) in [5.74, 6) is 0.576. The standard InChI is InChI=1S/C19H25NO/c1-14(2)18-8-10-19(11-9-18)15(3)20-12-16-4-6-17(13-21)7-5-16/h4-11,14-15,20-21H,12-13H2,1-3H3. The highest BCUT2D eigenvalue weighted by Crippen LogP contribution is 2.19. The Kier molecular flexibility index (Phi) is 5.54. The molecule has 21 heavy (non-hydrogen) atoms. The highest BCUT2D eigenvalue weighted by atomic mass is 16.3. The summed E-state index contributed by atoms with van der Waals surface area (Å²) in [5.41, 5.74) is 4.88. The van der Waals surface area contributed by atoms with Gasteiger partial charge in [-0.05, 0) is 35.1 Å². The molecular weight excluding hydrogens is 258 g/mol. The maximum Gasteiger partial charge on any atom is 0.0681 e. The van der Waals surface area contributed by atoms with Crippen LogP contribution in [0.4, 0.5) is 0 Å². The third-order valence-electron chi connectivity index (χ3n) is 3.92. The van der Waals surface area contributed by atoms with E-state index in [4.69, 9.17) is 5.11 Å². The van der Waals surface area contributed by atoms with Crippen molar-refractivity contribution in [1.29, 1.82) is 0 Å². The van der Waals surface area contributed by atoms with Gasteiger partial charge in [-0.3, -0.25) is 0 Å². The Hall–Kier alpha value is -1.64. The molecule has 2 rings (SSSR count). The fourth-order valence-electron chi connectivity index (χ4n) is 2.32. The molecule has 0 bridgehead atoms. The van der Waals surface area contributed by atoms with E-state index in [1.165, 1.54) is 16.7 Å². The van der Waals surface area contributed by atoms with Crippen molar-refractivity contribution in [2.45, 2.75) is 45.9 Å². The van der Waals surface area contributed by atoms with Gasteiger partial charge in [0.25, 0.3) is 0 Å². The van der Waals surface area contributed by atoms with Crippen LogP contribution in [0.1, 0.15) is 55.0 Å². The maximum absolute atomic E-state index is 9.04. The number of rotatable bonds is 6. The predicted octanol–water partition coefficient (Wildman–Crippen LogP) is 4.15. The van der Waals surface area contributed by atoms with Crippen LogP contribution < -0.4 is 5.32 Å². The zero-order valence-electron chi connectivity index (χ0n) is 13.1. The highest BCUT2D eigenvalue weighted by molar-refractivity contribution is 5.27. The SMILES string of the molecule is CC(C)c1ccc(C(C)NCc2ccc(CO)cc2)cc1. The Morgan fingerprint density at radius 3 is 1.86 bits per heavy atom. The molecule has 0 amide bonds. The van der Waals surface area contributed by atoms with Gasteiger partial charge in [-0.25, -0.2) is 0 Å². The van der Waals surface area contributed by atoms with E-state index in [1.807, 2.05) is 12.1 Å². The van der Waals surface area contributed by atoms with Gasteiger partial charge in [0.2, 0.25) is 0 Å². The first-order chi connectivity index (χ1) is 10.1. The summed E-state index contributed by atoms with van der Waals surface area (Å²) in [6.45, 7) is 7.55. The predicted molar refractivity (Wildman–Crippen MR) is 88.2 cm³/mol. The number of aliphatic hydroxyl groups excluding tert-OH is 1. The van der Waals surface area contributed by atoms with Gasteiger partial charge < -0.3 is 10.4 Å². The lowest BCUT2D eigenvalue weighted by Crippen LogP contribution is -2.18. The van der Waals surface area contributed by atoms with E-state index >= 15 is 0 Å². The van der Waals surface area contributed by atoms with Crippen LogP contribution in [0.2, 0.25) is 0 Å². The Labute approximate surface area is 127 Å². The molecule has 0 fully saturated rings. The third-order valence-corrected chi connectivity index (χ3v) is 3.92. The second kappa shape index (κ2) is 7.39. The van der Waals surface area contributed by atoms with E-state index in [9.17, 15) is 0 Å². The molecule has 0 aliphatic carbocycles. The molecule has 0 saturated heterocycles. The molecule has 0 heterocycles. The molecule has 2 aromatic carbocycles. The molecule has 0 aliphatic heterocycles. The smallest absolute Gasteiger partial charge is 0.0681 e. The summed E-state index contributed by atoms with van der Waals surface area (Å²) in [7, 11) is 0. The molecule has 0 aromatic heterocycles. The van der Waals surface area contributed by atoms with Crippen LogP contribution in [-0.2, 0) is 13.2 Å². The largest absolute Gasteiger partial charge is 0.392 e. The number of aliphatic hydroxyl groups is 1. The molecule has 2 heteroatoms. The van der Waals surface area contributed by atoms with Crippen LogP contribution in [0.25, 0.3) is 0 Å². The maximum atomic E-state index is 9.04. The van der Waals surface area contributed by atoms with Crippen LogP contribution in [0, 0.1) is 0 Å². The lowest BCUT2D eigenvalue weighted by molar-refractivity contribution is 0.282. The summed E-state index contributed by atoms with van der Waals surface area (Å²) >= 11 is 0. The molecule has 2 N–H and O–H groups in total. The van der Waals surface area contributed by atoms with Crippen molar-refractivity contribution in [3.05, 3.63) is 70.8 Å². The van der Waals surface area contributed by atoms with Crippen molar-refractivity contribution in [3.63, 3.8) is 0 Å². The van der Waals surface area contributed by atoms with Crippen LogP contribution >= 0.6 is 0 Å². The van der Waals surface area contributed by atoms with E-state index in [-0.39, 0.29) is 6.61 Å². The molecule has 0 spiro atoms. The molecule has 112 valence electrons.